The van der Waals surface area contributed by atoms with Crippen molar-refractivity contribution in [2.45, 2.75) is 59.0 Å². The topological polar surface area (TPSA) is 94.3 Å². The quantitative estimate of drug-likeness (QED) is 0.477. The van der Waals surface area contributed by atoms with Crippen LogP contribution in [-0.4, -0.2) is 34.7 Å². The minimum absolute atomic E-state index is 0.0417. The molecule has 0 aliphatic heterocycles. The fraction of sp³-hybridized carbons (Fsp3) is 0.375. The summed E-state index contributed by atoms with van der Waals surface area (Å²) in [5, 5.41) is 14.1. The molecule has 8 nitrogen and oxygen atoms in total. The Labute approximate surface area is 187 Å². The van der Waals surface area contributed by atoms with Crippen molar-refractivity contribution in [3.05, 3.63) is 70.5 Å². The van der Waals surface area contributed by atoms with Crippen LogP contribution < -0.4 is 5.69 Å². The highest BCUT2D eigenvalue weighted by Crippen LogP contribution is 2.28. The van der Waals surface area contributed by atoms with Gasteiger partial charge in [-0.1, -0.05) is 43.7 Å². The van der Waals surface area contributed by atoms with Crippen LogP contribution >= 0.6 is 0 Å². The molecule has 0 spiro atoms. The van der Waals surface area contributed by atoms with Crippen molar-refractivity contribution in [2.24, 2.45) is 0 Å². The summed E-state index contributed by atoms with van der Waals surface area (Å²) in [6.07, 6.45) is 6.81. The molecule has 0 bridgehead atoms. The minimum Gasteiger partial charge on any atom is -0.294 e. The zero-order valence-electron chi connectivity index (χ0n) is 19.0. The Kier molecular flexibility index (Phi) is 6.03. The van der Waals surface area contributed by atoms with Crippen molar-refractivity contribution in [1.82, 2.24) is 34.7 Å². The van der Waals surface area contributed by atoms with Crippen molar-refractivity contribution in [2.75, 3.05) is 0 Å². The van der Waals surface area contributed by atoms with E-state index in [0.717, 1.165) is 41.6 Å². The van der Waals surface area contributed by atoms with E-state index in [-0.39, 0.29) is 11.2 Å². The number of tetrazole rings is 1. The van der Waals surface area contributed by atoms with Gasteiger partial charge in [0.1, 0.15) is 5.69 Å². The van der Waals surface area contributed by atoms with E-state index in [2.05, 4.69) is 77.6 Å². The Hall–Kier alpha value is -3.55. The number of aromatic amines is 1. The average molecular weight is 432 g/mol. The summed E-state index contributed by atoms with van der Waals surface area (Å²) in [5.74, 6) is 0.528. The summed E-state index contributed by atoms with van der Waals surface area (Å²) >= 11 is 0. The second-order valence-corrected chi connectivity index (χ2v) is 8.98. The molecule has 0 aliphatic rings. The third kappa shape index (κ3) is 4.39. The molecule has 1 aromatic carbocycles. The maximum atomic E-state index is 13.2. The van der Waals surface area contributed by atoms with E-state index in [1.54, 1.807) is 6.20 Å². The number of aryl methyl sites for hydroxylation is 1. The number of nitrogens with one attached hydrogen (secondary N) is 1. The Morgan fingerprint density at radius 2 is 1.88 bits per heavy atom. The van der Waals surface area contributed by atoms with E-state index in [1.165, 1.54) is 0 Å². The molecule has 3 aromatic heterocycles. The first-order valence-electron chi connectivity index (χ1n) is 11.0. The number of pyridine rings is 1. The van der Waals surface area contributed by atoms with Gasteiger partial charge in [0.2, 0.25) is 0 Å². The van der Waals surface area contributed by atoms with Crippen molar-refractivity contribution >= 4 is 0 Å². The molecule has 4 rings (SSSR count). The summed E-state index contributed by atoms with van der Waals surface area (Å²) in [6.45, 7) is 8.91. The van der Waals surface area contributed by atoms with E-state index in [4.69, 9.17) is 0 Å². The van der Waals surface area contributed by atoms with E-state index < -0.39 is 0 Å². The third-order valence-electron chi connectivity index (χ3n) is 5.55. The first-order chi connectivity index (χ1) is 15.4. The summed E-state index contributed by atoms with van der Waals surface area (Å²) in [5.41, 5.74) is 4.61. The average Bonchev–Trinajstić information content (AvgIpc) is 3.42. The maximum absolute atomic E-state index is 13.2. The Bertz CT molecular complexity index is 1230. The second kappa shape index (κ2) is 8.90. The lowest BCUT2D eigenvalue weighted by molar-refractivity contribution is 0.380. The number of nitrogens with zero attached hydrogens (tertiary/aromatic N) is 6. The number of H-pyrrole nitrogens is 1. The van der Waals surface area contributed by atoms with Crippen LogP contribution in [0, 0.1) is 0 Å². The molecule has 166 valence electrons. The molecule has 8 heteroatoms. The molecule has 0 atom stereocenters. The molecule has 0 unspecified atom stereocenters. The van der Waals surface area contributed by atoms with E-state index in [1.807, 2.05) is 27.5 Å². The van der Waals surface area contributed by atoms with Crippen LogP contribution in [0.5, 0.6) is 0 Å². The molecule has 0 amide bonds. The van der Waals surface area contributed by atoms with Crippen molar-refractivity contribution in [1.29, 1.82) is 0 Å². The number of imidazole rings is 1. The molecule has 0 aliphatic carbocycles. The zero-order valence-corrected chi connectivity index (χ0v) is 19.0. The van der Waals surface area contributed by atoms with Gasteiger partial charge in [-0.15, -0.1) is 5.10 Å². The van der Waals surface area contributed by atoms with Gasteiger partial charge in [0, 0.05) is 29.2 Å². The maximum Gasteiger partial charge on any atom is 0.329 e. The molecule has 3 heterocycles. The summed E-state index contributed by atoms with van der Waals surface area (Å²) in [4.78, 5) is 17.6. The van der Waals surface area contributed by atoms with Gasteiger partial charge in [0.05, 0.1) is 6.54 Å². The van der Waals surface area contributed by atoms with Crippen LogP contribution in [0.4, 0.5) is 0 Å². The standard InChI is InChI=1S/C24H29N7O/c1-5-6-8-19-16-31(24(2,3)4)23(32)30(19)15-17-10-12-18(13-11-17)20-9-7-14-25-21(20)22-26-28-29-27-22/h7,9-14,16H,5-6,8,15H2,1-4H3,(H,26,27,28,29). The van der Waals surface area contributed by atoms with Crippen molar-refractivity contribution < 1.29 is 0 Å². The Morgan fingerprint density at radius 3 is 2.53 bits per heavy atom. The number of aromatic nitrogens is 7. The van der Waals surface area contributed by atoms with Gasteiger partial charge in [0.25, 0.3) is 0 Å². The van der Waals surface area contributed by atoms with Gasteiger partial charge < -0.3 is 0 Å². The minimum atomic E-state index is -0.251. The predicted molar refractivity (Wildman–Crippen MR) is 124 cm³/mol. The van der Waals surface area contributed by atoms with Crippen LogP contribution in [0.25, 0.3) is 22.6 Å². The van der Waals surface area contributed by atoms with Gasteiger partial charge in [-0.2, -0.15) is 0 Å². The first-order valence-corrected chi connectivity index (χ1v) is 11.0. The lowest BCUT2D eigenvalue weighted by Gasteiger charge is -2.19. The summed E-state index contributed by atoms with van der Waals surface area (Å²) in [6, 6.07) is 12.1. The number of rotatable bonds is 7. The Morgan fingerprint density at radius 1 is 1.09 bits per heavy atom. The molecule has 0 fully saturated rings. The van der Waals surface area contributed by atoms with E-state index in [9.17, 15) is 4.79 Å². The van der Waals surface area contributed by atoms with Crippen LogP contribution in [-0.2, 0) is 18.5 Å². The molecular formula is C24H29N7O. The van der Waals surface area contributed by atoms with Crippen LogP contribution in [0.3, 0.4) is 0 Å². The largest absolute Gasteiger partial charge is 0.329 e. The normalized spacial score (nSPS) is 11.8. The molecule has 0 saturated heterocycles. The highest BCUT2D eigenvalue weighted by molar-refractivity contribution is 5.77. The van der Waals surface area contributed by atoms with Gasteiger partial charge in [-0.25, -0.2) is 9.89 Å². The van der Waals surface area contributed by atoms with Crippen LogP contribution in [0.1, 0.15) is 51.8 Å². The first kappa shape index (κ1) is 21.7. The van der Waals surface area contributed by atoms with Crippen LogP contribution in [0.15, 0.2) is 53.6 Å². The molecule has 4 aromatic rings. The lowest BCUT2D eigenvalue weighted by Crippen LogP contribution is -2.34. The van der Waals surface area contributed by atoms with Gasteiger partial charge in [0.15, 0.2) is 5.82 Å². The molecule has 0 saturated carbocycles. The molecule has 1 N–H and O–H groups in total. The van der Waals surface area contributed by atoms with Crippen molar-refractivity contribution in [3.63, 3.8) is 0 Å². The van der Waals surface area contributed by atoms with Crippen LogP contribution in [0.2, 0.25) is 0 Å². The smallest absolute Gasteiger partial charge is 0.294 e. The van der Waals surface area contributed by atoms with Gasteiger partial charge in [-0.05, 0) is 61.2 Å². The van der Waals surface area contributed by atoms with Gasteiger partial charge >= 0.3 is 5.69 Å². The molecular weight excluding hydrogens is 402 g/mol. The van der Waals surface area contributed by atoms with E-state index in [0.29, 0.717) is 18.1 Å². The SMILES string of the molecule is CCCCc1cn(C(C)(C)C)c(=O)n1Cc1ccc(-c2cccnc2-c2nnn[nH]2)cc1. The van der Waals surface area contributed by atoms with Crippen molar-refractivity contribution in [3.8, 4) is 22.6 Å². The third-order valence-corrected chi connectivity index (χ3v) is 5.55. The Balaban J connectivity index is 1.65. The van der Waals surface area contributed by atoms with Gasteiger partial charge in [-0.3, -0.25) is 14.1 Å². The second-order valence-electron chi connectivity index (χ2n) is 8.98. The monoisotopic (exact) mass is 431 g/mol. The fourth-order valence-electron chi connectivity index (χ4n) is 3.79. The fourth-order valence-corrected chi connectivity index (χ4v) is 3.79. The number of hydrogen-bond donors (Lipinski definition) is 1. The number of benzene rings is 1. The molecule has 0 radical (unpaired) electrons. The number of unbranched alkanes of at least 4 members (excludes halogenated alkanes) is 1. The lowest BCUT2D eigenvalue weighted by atomic mass is 10.0. The zero-order chi connectivity index (χ0) is 22.7. The summed E-state index contributed by atoms with van der Waals surface area (Å²) in [7, 11) is 0. The number of hydrogen-bond acceptors (Lipinski definition) is 5. The predicted octanol–water partition coefficient (Wildman–Crippen LogP) is 4.04. The summed E-state index contributed by atoms with van der Waals surface area (Å²) < 4.78 is 3.76. The highest BCUT2D eigenvalue weighted by atomic mass is 16.1. The molecule has 32 heavy (non-hydrogen) atoms. The highest BCUT2D eigenvalue weighted by Gasteiger charge is 2.20. The van der Waals surface area contributed by atoms with E-state index >= 15 is 0 Å².